The standard InChI is InChI=1S/C14H13N5S/c1-3-12(20-8-1)13-10-9-15-7-4-11(10)19(18-13)14-16-5-2-6-17-14/h1-3,5-6,8,15H,4,7,9H2. The molecular formula is C14H13N5S. The molecule has 0 radical (unpaired) electrons. The maximum Gasteiger partial charge on any atom is 0.250 e. The van der Waals surface area contributed by atoms with E-state index in [-0.39, 0.29) is 0 Å². The smallest absolute Gasteiger partial charge is 0.250 e. The zero-order valence-electron chi connectivity index (χ0n) is 10.8. The van der Waals surface area contributed by atoms with Crippen LogP contribution in [-0.4, -0.2) is 26.3 Å². The summed E-state index contributed by atoms with van der Waals surface area (Å²) in [6, 6.07) is 5.99. The summed E-state index contributed by atoms with van der Waals surface area (Å²) in [6.45, 7) is 1.82. The van der Waals surface area contributed by atoms with E-state index in [0.29, 0.717) is 5.95 Å². The van der Waals surface area contributed by atoms with Gasteiger partial charge in [0.15, 0.2) is 0 Å². The number of fused-ring (bicyclic) bond motifs is 1. The predicted octanol–water partition coefficient (Wildman–Crippen LogP) is 2.04. The molecule has 0 aromatic carbocycles. The normalized spacial score (nSPS) is 14.2. The van der Waals surface area contributed by atoms with E-state index in [9.17, 15) is 0 Å². The van der Waals surface area contributed by atoms with Gasteiger partial charge in [0.1, 0.15) is 5.69 Å². The highest BCUT2D eigenvalue weighted by Crippen LogP contribution is 2.31. The van der Waals surface area contributed by atoms with E-state index in [1.165, 1.54) is 16.1 Å². The van der Waals surface area contributed by atoms with Gasteiger partial charge in [0.2, 0.25) is 0 Å². The van der Waals surface area contributed by atoms with Crippen molar-refractivity contribution < 1.29 is 0 Å². The fourth-order valence-electron chi connectivity index (χ4n) is 2.53. The number of nitrogens with one attached hydrogen (secondary N) is 1. The van der Waals surface area contributed by atoms with Crippen LogP contribution < -0.4 is 5.32 Å². The summed E-state index contributed by atoms with van der Waals surface area (Å²) in [5.41, 5.74) is 3.54. The van der Waals surface area contributed by atoms with E-state index in [2.05, 4.69) is 32.8 Å². The van der Waals surface area contributed by atoms with Crippen LogP contribution in [-0.2, 0) is 13.0 Å². The summed E-state index contributed by atoms with van der Waals surface area (Å²) in [5, 5.41) is 10.3. The van der Waals surface area contributed by atoms with Crippen LogP contribution >= 0.6 is 11.3 Å². The van der Waals surface area contributed by atoms with Crippen LogP contribution in [0.1, 0.15) is 11.3 Å². The molecule has 0 atom stereocenters. The molecule has 0 saturated heterocycles. The average Bonchev–Trinajstić information content (AvgIpc) is 3.15. The van der Waals surface area contributed by atoms with Gasteiger partial charge in [0, 0.05) is 37.5 Å². The molecular weight excluding hydrogens is 270 g/mol. The summed E-state index contributed by atoms with van der Waals surface area (Å²) < 4.78 is 1.89. The number of rotatable bonds is 2. The van der Waals surface area contributed by atoms with Crippen LogP contribution in [0.15, 0.2) is 36.0 Å². The first-order chi connectivity index (χ1) is 9.93. The van der Waals surface area contributed by atoms with Crippen molar-refractivity contribution in [2.75, 3.05) is 6.54 Å². The number of aromatic nitrogens is 4. The third-order valence-electron chi connectivity index (χ3n) is 3.43. The zero-order valence-corrected chi connectivity index (χ0v) is 11.6. The first-order valence-corrected chi connectivity index (χ1v) is 7.44. The molecule has 4 heterocycles. The van der Waals surface area contributed by atoms with Gasteiger partial charge in [-0.1, -0.05) is 6.07 Å². The van der Waals surface area contributed by atoms with Gasteiger partial charge in [0.05, 0.1) is 10.6 Å². The fourth-order valence-corrected chi connectivity index (χ4v) is 3.26. The lowest BCUT2D eigenvalue weighted by Crippen LogP contribution is -2.25. The van der Waals surface area contributed by atoms with E-state index < -0.39 is 0 Å². The quantitative estimate of drug-likeness (QED) is 0.782. The number of thiophene rings is 1. The Kier molecular flexibility index (Phi) is 2.82. The minimum absolute atomic E-state index is 0.647. The Bertz CT molecular complexity index is 718. The zero-order chi connectivity index (χ0) is 13.4. The van der Waals surface area contributed by atoms with Gasteiger partial charge in [-0.2, -0.15) is 5.10 Å². The topological polar surface area (TPSA) is 55.6 Å². The molecule has 0 spiro atoms. The van der Waals surface area contributed by atoms with Crippen molar-refractivity contribution >= 4 is 11.3 Å². The maximum atomic E-state index is 4.77. The molecule has 5 nitrogen and oxygen atoms in total. The third kappa shape index (κ3) is 1.85. The second-order valence-electron chi connectivity index (χ2n) is 4.64. The first-order valence-electron chi connectivity index (χ1n) is 6.56. The van der Waals surface area contributed by atoms with Crippen LogP contribution in [0, 0.1) is 0 Å². The molecule has 0 fully saturated rings. The van der Waals surface area contributed by atoms with Gasteiger partial charge >= 0.3 is 0 Å². The Labute approximate surface area is 120 Å². The van der Waals surface area contributed by atoms with Crippen LogP contribution in [0.4, 0.5) is 0 Å². The lowest BCUT2D eigenvalue weighted by molar-refractivity contribution is 0.617. The van der Waals surface area contributed by atoms with Gasteiger partial charge in [-0.15, -0.1) is 11.3 Å². The second-order valence-corrected chi connectivity index (χ2v) is 5.59. The monoisotopic (exact) mass is 283 g/mol. The first kappa shape index (κ1) is 11.7. The molecule has 0 amide bonds. The van der Waals surface area contributed by atoms with E-state index in [1.807, 2.05) is 10.7 Å². The Hall–Kier alpha value is -2.05. The van der Waals surface area contributed by atoms with E-state index in [0.717, 1.165) is 25.2 Å². The van der Waals surface area contributed by atoms with Crippen LogP contribution in [0.3, 0.4) is 0 Å². The Morgan fingerprint density at radius 3 is 2.90 bits per heavy atom. The molecule has 3 aromatic heterocycles. The highest BCUT2D eigenvalue weighted by molar-refractivity contribution is 7.13. The molecule has 4 rings (SSSR count). The summed E-state index contributed by atoms with van der Waals surface area (Å²) in [4.78, 5) is 9.84. The summed E-state index contributed by atoms with van der Waals surface area (Å²) >= 11 is 1.71. The number of hydrogen-bond acceptors (Lipinski definition) is 5. The summed E-state index contributed by atoms with van der Waals surface area (Å²) in [6.07, 6.45) is 4.45. The van der Waals surface area contributed by atoms with Gasteiger partial charge in [-0.3, -0.25) is 0 Å². The maximum absolute atomic E-state index is 4.77. The van der Waals surface area contributed by atoms with Crippen molar-refractivity contribution in [2.24, 2.45) is 0 Å². The minimum atomic E-state index is 0.647. The largest absolute Gasteiger partial charge is 0.312 e. The highest BCUT2D eigenvalue weighted by atomic mass is 32.1. The van der Waals surface area contributed by atoms with Gasteiger partial charge < -0.3 is 5.32 Å². The van der Waals surface area contributed by atoms with Crippen LogP contribution in [0.25, 0.3) is 16.5 Å². The highest BCUT2D eigenvalue weighted by Gasteiger charge is 2.23. The predicted molar refractivity (Wildman–Crippen MR) is 77.9 cm³/mol. The van der Waals surface area contributed by atoms with Crippen molar-refractivity contribution in [2.45, 2.75) is 13.0 Å². The fraction of sp³-hybridized carbons (Fsp3) is 0.214. The van der Waals surface area contributed by atoms with Crippen molar-refractivity contribution in [3.05, 3.63) is 47.2 Å². The second kappa shape index (κ2) is 4.81. The molecule has 0 bridgehead atoms. The molecule has 0 aliphatic carbocycles. The van der Waals surface area contributed by atoms with E-state index >= 15 is 0 Å². The van der Waals surface area contributed by atoms with Crippen molar-refractivity contribution in [1.29, 1.82) is 0 Å². The Balaban J connectivity index is 1.92. The molecule has 0 saturated carbocycles. The molecule has 1 N–H and O–H groups in total. The summed E-state index contributed by atoms with van der Waals surface area (Å²) in [7, 11) is 0. The molecule has 100 valence electrons. The Morgan fingerprint density at radius 2 is 2.10 bits per heavy atom. The lowest BCUT2D eigenvalue weighted by atomic mass is 10.1. The van der Waals surface area contributed by atoms with Gasteiger partial charge in [0.25, 0.3) is 5.95 Å². The van der Waals surface area contributed by atoms with E-state index in [1.54, 1.807) is 23.7 Å². The molecule has 0 unspecified atom stereocenters. The minimum Gasteiger partial charge on any atom is -0.312 e. The molecule has 3 aromatic rings. The summed E-state index contributed by atoms with van der Waals surface area (Å²) in [5.74, 6) is 0.647. The van der Waals surface area contributed by atoms with Gasteiger partial charge in [-0.25, -0.2) is 14.6 Å². The van der Waals surface area contributed by atoms with E-state index in [4.69, 9.17) is 5.10 Å². The van der Waals surface area contributed by atoms with Gasteiger partial charge in [-0.05, 0) is 17.5 Å². The third-order valence-corrected chi connectivity index (χ3v) is 4.30. The van der Waals surface area contributed by atoms with Crippen LogP contribution in [0.5, 0.6) is 0 Å². The SMILES string of the molecule is c1cnc(-n2nc(-c3cccs3)c3c2CCNC3)nc1. The molecule has 6 heteroatoms. The van der Waals surface area contributed by atoms with Crippen LogP contribution in [0.2, 0.25) is 0 Å². The molecule has 1 aliphatic heterocycles. The average molecular weight is 283 g/mol. The number of nitrogens with zero attached hydrogens (tertiary/aromatic N) is 4. The molecule has 1 aliphatic rings. The van der Waals surface area contributed by atoms with Crippen molar-refractivity contribution in [3.8, 4) is 16.5 Å². The van der Waals surface area contributed by atoms with Crippen molar-refractivity contribution in [3.63, 3.8) is 0 Å². The van der Waals surface area contributed by atoms with Crippen molar-refractivity contribution in [1.82, 2.24) is 25.1 Å². The number of hydrogen-bond donors (Lipinski definition) is 1. The Morgan fingerprint density at radius 1 is 1.20 bits per heavy atom. The lowest BCUT2D eigenvalue weighted by Gasteiger charge is -2.14. The molecule has 20 heavy (non-hydrogen) atoms.